The van der Waals surface area contributed by atoms with Gasteiger partial charge in [0.25, 0.3) is 11.6 Å². The predicted octanol–water partition coefficient (Wildman–Crippen LogP) is 4.18. The number of rotatable bonds is 9. The predicted molar refractivity (Wildman–Crippen MR) is 133 cm³/mol. The van der Waals surface area contributed by atoms with Gasteiger partial charge in [0.1, 0.15) is 5.82 Å². The molecule has 0 saturated carbocycles. The van der Waals surface area contributed by atoms with Crippen molar-refractivity contribution in [1.82, 2.24) is 20.5 Å². The molecule has 1 atom stereocenters. The topological polar surface area (TPSA) is 143 Å². The van der Waals surface area contributed by atoms with Crippen molar-refractivity contribution in [3.63, 3.8) is 0 Å². The maximum Gasteiger partial charge on any atom is 0.270 e. The second-order valence-corrected chi connectivity index (χ2v) is 9.54. The highest BCUT2D eigenvalue weighted by atomic mass is 127. The Kier molecular flexibility index (Phi) is 8.38. The van der Waals surface area contributed by atoms with Crippen LogP contribution < -0.4 is 10.6 Å². The summed E-state index contributed by atoms with van der Waals surface area (Å²) >= 11 is 3.36. The van der Waals surface area contributed by atoms with Crippen molar-refractivity contribution >= 4 is 57.5 Å². The Labute approximate surface area is 207 Å². The Bertz CT molecular complexity index is 1150. The molecule has 172 valence electrons. The van der Waals surface area contributed by atoms with Crippen molar-refractivity contribution in [3.05, 3.63) is 73.6 Å². The smallest absolute Gasteiger partial charge is 0.270 e. The van der Waals surface area contributed by atoms with Gasteiger partial charge >= 0.3 is 0 Å². The fraction of sp³-hybridized carbons (Fsp3) is 0.238. The average molecular weight is 580 g/mol. The van der Waals surface area contributed by atoms with E-state index in [0.717, 1.165) is 3.57 Å². The maximum absolute atomic E-state index is 12.7. The third-order valence-corrected chi connectivity index (χ3v) is 6.08. The van der Waals surface area contributed by atoms with E-state index in [0.29, 0.717) is 16.7 Å². The number of nitrogens with one attached hydrogen (secondary N) is 3. The summed E-state index contributed by atoms with van der Waals surface area (Å²) in [7, 11) is 0. The average Bonchev–Trinajstić information content (AvgIpc) is 3.26. The largest absolute Gasteiger partial charge is 0.342 e. The zero-order chi connectivity index (χ0) is 24.0. The normalized spacial score (nSPS) is 11.8. The third kappa shape index (κ3) is 6.99. The second-order valence-electron chi connectivity index (χ2n) is 7.35. The molecule has 3 aromatic rings. The lowest BCUT2D eigenvalue weighted by molar-refractivity contribution is -0.384. The van der Waals surface area contributed by atoms with Gasteiger partial charge in [0.15, 0.2) is 0 Å². The van der Waals surface area contributed by atoms with Crippen LogP contribution >= 0.6 is 34.4 Å². The Morgan fingerprint density at radius 3 is 2.61 bits per heavy atom. The van der Waals surface area contributed by atoms with Gasteiger partial charge in [-0.15, -0.1) is 5.10 Å². The number of nitrogens with zero attached hydrogens (tertiary/aromatic N) is 3. The number of hydrogen-bond donors (Lipinski definition) is 3. The number of amides is 2. The zero-order valence-corrected chi connectivity index (χ0v) is 20.7. The van der Waals surface area contributed by atoms with Crippen LogP contribution in [0, 0.1) is 19.6 Å². The van der Waals surface area contributed by atoms with E-state index in [1.54, 1.807) is 0 Å². The number of hydrogen-bond acceptors (Lipinski definition) is 7. The van der Waals surface area contributed by atoms with Crippen LogP contribution in [0.4, 0.5) is 11.4 Å². The van der Waals surface area contributed by atoms with Crippen LogP contribution in [0.1, 0.15) is 36.1 Å². The van der Waals surface area contributed by atoms with Crippen LogP contribution in [0.3, 0.4) is 0 Å². The summed E-state index contributed by atoms with van der Waals surface area (Å²) in [6, 6.07) is 12.5. The summed E-state index contributed by atoms with van der Waals surface area (Å²) < 4.78 is 1.07. The number of thioether (sulfide) groups is 1. The summed E-state index contributed by atoms with van der Waals surface area (Å²) in [6.07, 6.45) is 0. The number of benzene rings is 2. The van der Waals surface area contributed by atoms with Gasteiger partial charge in [0, 0.05) is 27.0 Å². The summed E-state index contributed by atoms with van der Waals surface area (Å²) in [5, 5.41) is 24.0. The minimum Gasteiger partial charge on any atom is -0.342 e. The van der Waals surface area contributed by atoms with E-state index in [9.17, 15) is 19.7 Å². The highest BCUT2D eigenvalue weighted by Gasteiger charge is 2.24. The number of anilines is 1. The van der Waals surface area contributed by atoms with Gasteiger partial charge in [-0.3, -0.25) is 24.8 Å². The van der Waals surface area contributed by atoms with Gasteiger partial charge in [-0.05, 0) is 58.8 Å². The Hall–Kier alpha value is -3.00. The molecule has 0 spiro atoms. The molecule has 0 saturated heterocycles. The standard InChI is InChI=1S/C21H21IN6O4S/c1-12(2)18(24-20(30)13-4-3-5-16(10-13)28(31)32)19-25-21(27-26-19)33-11-17(29)23-15-8-6-14(22)7-9-15/h3-10,12,18H,11H2,1-2H3,(H,23,29)(H,24,30)(H,25,26,27)/t18-/m1/s1. The summed E-state index contributed by atoms with van der Waals surface area (Å²) in [5.41, 5.74) is 0.724. The van der Waals surface area contributed by atoms with Crippen molar-refractivity contribution in [2.45, 2.75) is 25.0 Å². The molecule has 2 aromatic carbocycles. The van der Waals surface area contributed by atoms with Crippen molar-refractivity contribution in [1.29, 1.82) is 0 Å². The summed E-state index contributed by atoms with van der Waals surface area (Å²) in [6.45, 7) is 3.81. The Morgan fingerprint density at radius 1 is 1.21 bits per heavy atom. The van der Waals surface area contributed by atoms with E-state index in [4.69, 9.17) is 0 Å². The molecule has 12 heteroatoms. The first-order valence-corrected chi connectivity index (χ1v) is 11.9. The number of aromatic nitrogens is 3. The number of carbonyl (C=O) groups excluding carboxylic acids is 2. The van der Waals surface area contributed by atoms with Crippen molar-refractivity contribution in [3.8, 4) is 0 Å². The lowest BCUT2D eigenvalue weighted by Gasteiger charge is -2.19. The Morgan fingerprint density at radius 2 is 1.94 bits per heavy atom. The first-order chi connectivity index (χ1) is 15.7. The number of carbonyl (C=O) groups is 2. The van der Waals surface area contributed by atoms with Crippen LogP contribution in [0.2, 0.25) is 0 Å². The van der Waals surface area contributed by atoms with Gasteiger partial charge in [-0.2, -0.15) is 0 Å². The van der Waals surface area contributed by atoms with Gasteiger partial charge in [0.05, 0.1) is 16.7 Å². The number of nitro groups is 1. The minimum absolute atomic E-state index is 0.0392. The highest BCUT2D eigenvalue weighted by molar-refractivity contribution is 14.1. The van der Waals surface area contributed by atoms with Gasteiger partial charge in [0.2, 0.25) is 11.1 Å². The molecule has 1 heterocycles. The van der Waals surface area contributed by atoms with Gasteiger partial charge < -0.3 is 10.6 Å². The SMILES string of the molecule is CC(C)[C@@H](NC(=O)c1cccc([N+](=O)[O-])c1)c1nc(SCC(=O)Nc2ccc(I)cc2)n[nH]1. The zero-order valence-electron chi connectivity index (χ0n) is 17.7. The van der Waals surface area contributed by atoms with Crippen LogP contribution in [0.15, 0.2) is 53.7 Å². The molecule has 1 aromatic heterocycles. The molecule has 3 rings (SSSR count). The van der Waals surface area contributed by atoms with Crippen molar-refractivity contribution < 1.29 is 14.5 Å². The number of non-ortho nitro benzene ring substituents is 1. The first-order valence-electron chi connectivity index (χ1n) is 9.88. The number of aromatic amines is 1. The van der Waals surface area contributed by atoms with E-state index < -0.39 is 16.9 Å². The molecular weight excluding hydrogens is 559 g/mol. The number of nitro benzene ring substituents is 1. The second kappa shape index (κ2) is 11.2. The molecular formula is C21H21IN6O4S. The molecule has 0 fully saturated rings. The lowest BCUT2D eigenvalue weighted by Crippen LogP contribution is -2.32. The molecule has 0 unspecified atom stereocenters. The van der Waals surface area contributed by atoms with Gasteiger partial charge in [-0.25, -0.2) is 4.98 Å². The molecule has 0 radical (unpaired) electrons. The fourth-order valence-corrected chi connectivity index (χ4v) is 3.82. The molecule has 33 heavy (non-hydrogen) atoms. The molecule has 2 amide bonds. The summed E-state index contributed by atoms with van der Waals surface area (Å²) in [5.74, 6) is -0.130. The highest BCUT2D eigenvalue weighted by Crippen LogP contribution is 2.23. The van der Waals surface area contributed by atoms with E-state index >= 15 is 0 Å². The maximum atomic E-state index is 12.7. The fourth-order valence-electron chi connectivity index (χ4n) is 2.86. The number of halogens is 1. The first kappa shape index (κ1) is 24.6. The molecule has 0 bridgehead atoms. The van der Waals surface area contributed by atoms with Crippen LogP contribution in [-0.4, -0.2) is 37.7 Å². The summed E-state index contributed by atoms with van der Waals surface area (Å²) in [4.78, 5) is 39.7. The number of H-pyrrole nitrogens is 1. The molecule has 10 nitrogen and oxygen atoms in total. The van der Waals surface area contributed by atoms with E-state index in [-0.39, 0.29) is 28.8 Å². The third-order valence-electron chi connectivity index (χ3n) is 4.51. The molecule has 3 N–H and O–H groups in total. The molecule has 0 aliphatic heterocycles. The Balaban J connectivity index is 1.61. The van der Waals surface area contributed by atoms with E-state index in [1.807, 2.05) is 38.1 Å². The minimum atomic E-state index is -0.550. The monoisotopic (exact) mass is 580 g/mol. The van der Waals surface area contributed by atoms with E-state index in [2.05, 4.69) is 48.4 Å². The molecule has 0 aliphatic carbocycles. The van der Waals surface area contributed by atoms with E-state index in [1.165, 1.54) is 36.0 Å². The van der Waals surface area contributed by atoms with Gasteiger partial charge in [-0.1, -0.05) is 31.7 Å². The molecule has 0 aliphatic rings. The van der Waals surface area contributed by atoms with Crippen LogP contribution in [0.25, 0.3) is 0 Å². The van der Waals surface area contributed by atoms with Crippen LogP contribution in [0.5, 0.6) is 0 Å². The lowest BCUT2D eigenvalue weighted by atomic mass is 10.0. The van der Waals surface area contributed by atoms with Crippen LogP contribution in [-0.2, 0) is 4.79 Å². The van der Waals surface area contributed by atoms with Crippen molar-refractivity contribution in [2.75, 3.05) is 11.1 Å². The quantitative estimate of drug-likeness (QED) is 0.149. The van der Waals surface area contributed by atoms with Crippen molar-refractivity contribution in [2.24, 2.45) is 5.92 Å².